The summed E-state index contributed by atoms with van der Waals surface area (Å²) in [6.07, 6.45) is 4.17. The van der Waals surface area contributed by atoms with Crippen LogP contribution in [0.1, 0.15) is 6.42 Å². The van der Waals surface area contributed by atoms with Crippen molar-refractivity contribution in [3.05, 3.63) is 36.5 Å². The minimum absolute atomic E-state index is 0.0501. The number of nitrogens with zero attached hydrogens (tertiary/aromatic N) is 5. The molecule has 7 heteroatoms. The molecule has 0 aliphatic carbocycles. The van der Waals surface area contributed by atoms with Crippen LogP contribution in [0, 0.1) is 11.3 Å². The molecule has 1 atom stereocenters. The number of anilines is 1. The van der Waals surface area contributed by atoms with Crippen LogP contribution in [0.4, 0.5) is 5.13 Å². The van der Waals surface area contributed by atoms with Crippen molar-refractivity contribution >= 4 is 32.6 Å². The summed E-state index contributed by atoms with van der Waals surface area (Å²) in [5, 5.41) is 10.1. The van der Waals surface area contributed by atoms with Gasteiger partial charge >= 0.3 is 0 Å². The largest absolute Gasteiger partial charge is 0.378 e. The van der Waals surface area contributed by atoms with E-state index in [-0.39, 0.29) is 6.04 Å². The molecule has 4 rings (SSSR count). The Bertz CT molecular complexity index is 798. The lowest BCUT2D eigenvalue weighted by atomic mass is 10.2. The minimum atomic E-state index is -0.0501. The molecule has 1 aromatic heterocycles. The molecule has 2 aromatic rings. The smallest absolute Gasteiger partial charge is 0.208 e. The molecule has 1 saturated heterocycles. The third kappa shape index (κ3) is 2.75. The highest BCUT2D eigenvalue weighted by Gasteiger charge is 2.31. The van der Waals surface area contributed by atoms with E-state index in [0.29, 0.717) is 19.6 Å². The lowest BCUT2D eigenvalue weighted by molar-refractivity contribution is 0.0671. The van der Waals surface area contributed by atoms with Gasteiger partial charge in [0.15, 0.2) is 5.13 Å². The fraction of sp³-hybridized carbons (Fsp3) is 0.353. The van der Waals surface area contributed by atoms with Crippen molar-refractivity contribution in [2.24, 2.45) is 4.99 Å². The summed E-state index contributed by atoms with van der Waals surface area (Å²) in [4.78, 5) is 13.7. The minimum Gasteiger partial charge on any atom is -0.378 e. The Labute approximate surface area is 144 Å². The number of morpholine rings is 1. The summed E-state index contributed by atoms with van der Waals surface area (Å²) in [5.41, 5.74) is 0.976. The fourth-order valence-electron chi connectivity index (χ4n) is 2.95. The summed E-state index contributed by atoms with van der Waals surface area (Å²) in [6.45, 7) is 2.99. The molecule has 0 N–H and O–H groups in total. The molecular formula is C17H17N5OS. The van der Waals surface area contributed by atoms with E-state index in [1.807, 2.05) is 24.3 Å². The maximum absolute atomic E-state index is 9.22. The van der Waals surface area contributed by atoms with Gasteiger partial charge in [-0.1, -0.05) is 23.5 Å². The first-order valence-electron chi connectivity index (χ1n) is 7.96. The van der Waals surface area contributed by atoms with Gasteiger partial charge in [0.2, 0.25) is 5.96 Å². The Morgan fingerprint density at radius 1 is 1.29 bits per heavy atom. The van der Waals surface area contributed by atoms with E-state index in [9.17, 15) is 5.26 Å². The van der Waals surface area contributed by atoms with Gasteiger partial charge < -0.3 is 9.64 Å². The summed E-state index contributed by atoms with van der Waals surface area (Å²) >= 11 is 1.63. The predicted molar refractivity (Wildman–Crippen MR) is 95.1 cm³/mol. The van der Waals surface area contributed by atoms with Gasteiger partial charge in [-0.05, 0) is 18.2 Å². The van der Waals surface area contributed by atoms with Crippen LogP contribution < -0.4 is 4.90 Å². The molecular weight excluding hydrogens is 322 g/mol. The molecule has 0 spiro atoms. The number of nitriles is 1. The number of benzene rings is 1. The molecule has 1 fully saturated rings. The zero-order chi connectivity index (χ0) is 16.4. The standard InChI is InChI=1S/C17H17N5OS/c18-7-5-13-6-8-19-16(21-9-11-23-12-10-21)22(13)17-20-14-3-1-2-4-15(14)24-17/h1-4,6,8,13H,5,9-12H2. The van der Waals surface area contributed by atoms with E-state index in [4.69, 9.17) is 9.72 Å². The van der Waals surface area contributed by atoms with Gasteiger partial charge in [-0.15, -0.1) is 0 Å². The van der Waals surface area contributed by atoms with Gasteiger partial charge in [-0.25, -0.2) is 9.98 Å². The molecule has 1 unspecified atom stereocenters. The van der Waals surface area contributed by atoms with Crippen molar-refractivity contribution in [3.8, 4) is 6.07 Å². The molecule has 1 aromatic carbocycles. The Morgan fingerprint density at radius 3 is 2.92 bits per heavy atom. The second-order valence-electron chi connectivity index (χ2n) is 5.63. The van der Waals surface area contributed by atoms with E-state index in [2.05, 4.69) is 26.9 Å². The number of hydrogen-bond acceptors (Lipinski definition) is 7. The fourth-order valence-corrected chi connectivity index (χ4v) is 3.97. The van der Waals surface area contributed by atoms with Gasteiger partial charge in [-0.2, -0.15) is 5.26 Å². The van der Waals surface area contributed by atoms with E-state index in [1.54, 1.807) is 17.5 Å². The average molecular weight is 339 g/mol. The zero-order valence-corrected chi connectivity index (χ0v) is 13.9. The third-order valence-corrected chi connectivity index (χ3v) is 5.16. The monoisotopic (exact) mass is 339 g/mol. The van der Waals surface area contributed by atoms with Crippen molar-refractivity contribution in [3.63, 3.8) is 0 Å². The summed E-state index contributed by atoms with van der Waals surface area (Å²) in [6, 6.07) is 10.3. The van der Waals surface area contributed by atoms with Crippen LogP contribution in [0.3, 0.4) is 0 Å². The molecule has 3 heterocycles. The number of aliphatic imine (C=N–C) groups is 1. The molecule has 6 nitrogen and oxygen atoms in total. The number of para-hydroxylation sites is 1. The molecule has 0 saturated carbocycles. The Hall–Kier alpha value is -2.43. The number of hydrogen-bond donors (Lipinski definition) is 0. The third-order valence-electron chi connectivity index (χ3n) is 4.13. The lowest BCUT2D eigenvalue weighted by Gasteiger charge is -2.38. The summed E-state index contributed by atoms with van der Waals surface area (Å²) in [5.74, 6) is 0.861. The summed E-state index contributed by atoms with van der Waals surface area (Å²) < 4.78 is 6.59. The molecule has 122 valence electrons. The molecule has 24 heavy (non-hydrogen) atoms. The van der Waals surface area contributed by atoms with Crippen LogP contribution >= 0.6 is 11.3 Å². The van der Waals surface area contributed by atoms with E-state index in [0.717, 1.165) is 34.4 Å². The number of ether oxygens (including phenoxy) is 1. The van der Waals surface area contributed by atoms with E-state index in [1.165, 1.54) is 0 Å². The molecule has 0 radical (unpaired) electrons. The normalized spacial score (nSPS) is 21.0. The predicted octanol–water partition coefficient (Wildman–Crippen LogP) is 2.60. The number of aromatic nitrogens is 1. The first-order chi connectivity index (χ1) is 11.9. The van der Waals surface area contributed by atoms with Crippen molar-refractivity contribution < 1.29 is 4.74 Å². The quantitative estimate of drug-likeness (QED) is 0.841. The van der Waals surface area contributed by atoms with Gasteiger partial charge in [0.25, 0.3) is 0 Å². The van der Waals surface area contributed by atoms with Gasteiger partial charge in [0, 0.05) is 19.3 Å². The molecule has 2 aliphatic rings. The van der Waals surface area contributed by atoms with Crippen molar-refractivity contribution in [1.82, 2.24) is 9.88 Å². The highest BCUT2D eigenvalue weighted by Crippen LogP contribution is 2.32. The first kappa shape index (κ1) is 15.1. The van der Waals surface area contributed by atoms with Gasteiger partial charge in [0.05, 0.1) is 42.0 Å². The molecule has 0 amide bonds. The molecule has 0 bridgehead atoms. The van der Waals surface area contributed by atoms with Crippen LogP contribution in [0.2, 0.25) is 0 Å². The van der Waals surface area contributed by atoms with Crippen LogP contribution in [0.25, 0.3) is 10.2 Å². The van der Waals surface area contributed by atoms with Crippen LogP contribution in [-0.2, 0) is 4.74 Å². The Kier molecular flexibility index (Phi) is 4.15. The topological polar surface area (TPSA) is 64.8 Å². The first-order valence-corrected chi connectivity index (χ1v) is 8.77. The zero-order valence-electron chi connectivity index (χ0n) is 13.1. The Balaban J connectivity index is 1.75. The number of guanidine groups is 1. The van der Waals surface area contributed by atoms with Gasteiger partial charge in [-0.3, -0.25) is 4.90 Å². The van der Waals surface area contributed by atoms with E-state index < -0.39 is 0 Å². The van der Waals surface area contributed by atoms with Crippen molar-refractivity contribution in [2.45, 2.75) is 12.5 Å². The maximum atomic E-state index is 9.22. The highest BCUT2D eigenvalue weighted by molar-refractivity contribution is 7.22. The second kappa shape index (κ2) is 6.59. The van der Waals surface area contributed by atoms with Crippen molar-refractivity contribution in [2.75, 3.05) is 31.2 Å². The number of rotatable bonds is 2. The lowest BCUT2D eigenvalue weighted by Crippen LogP contribution is -2.53. The van der Waals surface area contributed by atoms with Crippen LogP contribution in [0.5, 0.6) is 0 Å². The summed E-state index contributed by atoms with van der Waals surface area (Å²) in [7, 11) is 0. The number of fused-ring (bicyclic) bond motifs is 1. The Morgan fingerprint density at radius 2 is 2.12 bits per heavy atom. The maximum Gasteiger partial charge on any atom is 0.208 e. The van der Waals surface area contributed by atoms with E-state index >= 15 is 0 Å². The average Bonchev–Trinajstić information content (AvgIpc) is 3.06. The SMILES string of the molecule is N#CCC1C=CN=C(N2CCOCC2)N1c1nc2ccccc2s1. The highest BCUT2D eigenvalue weighted by atomic mass is 32.1. The molecule has 2 aliphatic heterocycles. The van der Waals surface area contributed by atoms with Crippen LogP contribution in [-0.4, -0.2) is 48.2 Å². The second-order valence-corrected chi connectivity index (χ2v) is 6.64. The number of thiazole rings is 1. The van der Waals surface area contributed by atoms with Gasteiger partial charge in [0.1, 0.15) is 0 Å². The van der Waals surface area contributed by atoms with Crippen LogP contribution in [0.15, 0.2) is 41.5 Å². The van der Waals surface area contributed by atoms with Crippen molar-refractivity contribution in [1.29, 1.82) is 5.26 Å².